The second-order valence-corrected chi connectivity index (χ2v) is 7.39. The first-order chi connectivity index (χ1) is 14.1. The predicted octanol–water partition coefficient (Wildman–Crippen LogP) is 2.21. The van der Waals surface area contributed by atoms with Gasteiger partial charge in [0.05, 0.1) is 12.0 Å². The van der Waals surface area contributed by atoms with E-state index in [4.69, 9.17) is 14.2 Å². The molecule has 1 aromatic heterocycles. The fourth-order valence-electron chi connectivity index (χ4n) is 3.70. The van der Waals surface area contributed by atoms with Crippen molar-refractivity contribution in [2.45, 2.75) is 51.2 Å². The van der Waals surface area contributed by atoms with E-state index in [1.54, 1.807) is 37.5 Å². The van der Waals surface area contributed by atoms with Crippen LogP contribution in [-0.4, -0.2) is 34.9 Å². The predicted molar refractivity (Wildman–Crippen MR) is 105 cm³/mol. The summed E-state index contributed by atoms with van der Waals surface area (Å²) in [5.41, 5.74) is 0.805. The number of rotatable bonds is 7. The number of nitrogens with one attached hydrogen (secondary N) is 1. The van der Waals surface area contributed by atoms with Gasteiger partial charge in [-0.05, 0) is 31.9 Å². The first-order valence-corrected chi connectivity index (χ1v) is 10.0. The van der Waals surface area contributed by atoms with Crippen molar-refractivity contribution in [2.75, 3.05) is 13.3 Å². The molecule has 1 aliphatic carbocycles. The van der Waals surface area contributed by atoms with E-state index in [1.807, 2.05) is 0 Å². The smallest absolute Gasteiger partial charge is 0.260 e. The second kappa shape index (κ2) is 8.55. The largest absolute Gasteiger partial charge is 0.481 e. The highest BCUT2D eigenvalue weighted by molar-refractivity contribution is 5.80. The average molecular weight is 399 g/mol. The summed E-state index contributed by atoms with van der Waals surface area (Å²) in [5.74, 6) is 1.94. The van der Waals surface area contributed by atoms with Crippen LogP contribution in [0.5, 0.6) is 17.2 Å². The number of nitrogens with zero attached hydrogens (tertiary/aromatic N) is 2. The van der Waals surface area contributed by atoms with Crippen LogP contribution in [0.3, 0.4) is 0 Å². The highest BCUT2D eigenvalue weighted by Gasteiger charge is 2.20. The van der Waals surface area contributed by atoms with E-state index in [2.05, 4.69) is 10.3 Å². The van der Waals surface area contributed by atoms with Gasteiger partial charge in [0, 0.05) is 31.1 Å². The lowest BCUT2D eigenvalue weighted by Gasteiger charge is -2.15. The van der Waals surface area contributed by atoms with Crippen molar-refractivity contribution >= 4 is 5.91 Å². The first kappa shape index (κ1) is 19.3. The quantitative estimate of drug-likeness (QED) is 0.768. The van der Waals surface area contributed by atoms with Crippen LogP contribution in [0.15, 0.2) is 35.4 Å². The lowest BCUT2D eigenvalue weighted by atomic mass is 10.0. The van der Waals surface area contributed by atoms with E-state index < -0.39 is 6.10 Å². The Morgan fingerprint density at radius 1 is 1.28 bits per heavy atom. The third kappa shape index (κ3) is 4.52. The molecular weight excluding hydrogens is 374 g/mol. The van der Waals surface area contributed by atoms with E-state index in [9.17, 15) is 9.59 Å². The fraction of sp³-hybridized carbons (Fsp3) is 0.476. The number of carbonyl (C=O) groups is 1. The number of amides is 1. The summed E-state index contributed by atoms with van der Waals surface area (Å²) < 4.78 is 17.8. The van der Waals surface area contributed by atoms with Crippen molar-refractivity contribution in [3.8, 4) is 17.2 Å². The third-order valence-electron chi connectivity index (χ3n) is 5.35. The number of ether oxygens (including phenoxy) is 3. The Morgan fingerprint density at radius 3 is 2.86 bits per heavy atom. The summed E-state index contributed by atoms with van der Waals surface area (Å²) in [7, 11) is 0. The zero-order valence-corrected chi connectivity index (χ0v) is 16.4. The van der Waals surface area contributed by atoms with E-state index in [0.717, 1.165) is 18.5 Å². The Kier molecular flexibility index (Phi) is 5.69. The van der Waals surface area contributed by atoms with Crippen molar-refractivity contribution in [3.05, 3.63) is 46.6 Å². The minimum atomic E-state index is -0.685. The molecule has 2 heterocycles. The molecule has 4 rings (SSSR count). The zero-order chi connectivity index (χ0) is 20.2. The van der Waals surface area contributed by atoms with Crippen LogP contribution in [0.4, 0.5) is 0 Å². The molecule has 8 heteroatoms. The van der Waals surface area contributed by atoms with Crippen molar-refractivity contribution in [2.24, 2.45) is 0 Å². The van der Waals surface area contributed by atoms with E-state index in [0.29, 0.717) is 36.3 Å². The number of carbonyl (C=O) groups excluding carboxylic acids is 1. The zero-order valence-electron chi connectivity index (χ0n) is 16.4. The Bertz CT molecular complexity index is 936. The normalized spacial score (nSPS) is 16.6. The molecule has 0 radical (unpaired) electrons. The van der Waals surface area contributed by atoms with Crippen LogP contribution in [0.25, 0.3) is 0 Å². The van der Waals surface area contributed by atoms with Crippen LogP contribution in [0, 0.1) is 0 Å². The van der Waals surface area contributed by atoms with E-state index >= 15 is 0 Å². The average Bonchev–Trinajstić information content (AvgIpc) is 3.40. The molecule has 0 saturated heterocycles. The van der Waals surface area contributed by atoms with Gasteiger partial charge >= 0.3 is 0 Å². The maximum Gasteiger partial charge on any atom is 0.260 e. The Morgan fingerprint density at radius 2 is 2.07 bits per heavy atom. The summed E-state index contributed by atoms with van der Waals surface area (Å²) in [6.45, 7) is 2.53. The van der Waals surface area contributed by atoms with Gasteiger partial charge in [-0.3, -0.25) is 14.2 Å². The van der Waals surface area contributed by atoms with Crippen molar-refractivity contribution < 1.29 is 19.0 Å². The van der Waals surface area contributed by atoms with Gasteiger partial charge < -0.3 is 19.5 Å². The molecule has 1 fully saturated rings. The van der Waals surface area contributed by atoms with Gasteiger partial charge in [-0.25, -0.2) is 4.98 Å². The lowest BCUT2D eigenvalue weighted by molar-refractivity contribution is -0.127. The summed E-state index contributed by atoms with van der Waals surface area (Å²) in [4.78, 5) is 29.0. The molecule has 1 N–H and O–H groups in total. The van der Waals surface area contributed by atoms with Crippen LogP contribution >= 0.6 is 0 Å². The topological polar surface area (TPSA) is 91.7 Å². The summed E-state index contributed by atoms with van der Waals surface area (Å²) in [6.07, 6.45) is 5.51. The Hall–Kier alpha value is -3.03. The molecule has 2 aromatic rings. The van der Waals surface area contributed by atoms with Crippen molar-refractivity contribution in [1.82, 2.24) is 14.9 Å². The molecule has 0 bridgehead atoms. The molecule has 1 aromatic carbocycles. The molecule has 1 saturated carbocycles. The minimum absolute atomic E-state index is 0.0826. The molecule has 1 unspecified atom stereocenters. The Balaban J connectivity index is 1.26. The minimum Gasteiger partial charge on any atom is -0.481 e. The van der Waals surface area contributed by atoms with Gasteiger partial charge in [0.15, 0.2) is 17.6 Å². The summed E-state index contributed by atoms with van der Waals surface area (Å²) >= 11 is 0. The van der Waals surface area contributed by atoms with Gasteiger partial charge in [-0.1, -0.05) is 12.8 Å². The maximum atomic E-state index is 12.3. The number of hydrogen-bond donors (Lipinski definition) is 1. The lowest BCUT2D eigenvalue weighted by Crippen LogP contribution is -2.38. The molecule has 1 aliphatic heterocycles. The molecular formula is C21H25N3O5. The fourth-order valence-corrected chi connectivity index (χ4v) is 3.70. The summed E-state index contributed by atoms with van der Waals surface area (Å²) in [6, 6.07) is 6.80. The van der Waals surface area contributed by atoms with Crippen LogP contribution < -0.4 is 25.1 Å². The number of benzene rings is 1. The SMILES string of the molecule is CC(Oc1ccc2c(c1)OCO2)C(=O)NCCn1cnc(C2CCCC2)cc1=O. The second-order valence-electron chi connectivity index (χ2n) is 7.39. The molecule has 1 amide bonds. The standard InChI is InChI=1S/C21H25N3O5/c1-14(29-16-6-7-18-19(10-16)28-13-27-18)21(26)22-8-9-24-12-23-17(11-20(24)25)15-4-2-3-5-15/h6-7,10-12,14-15H,2-5,8-9,13H2,1H3,(H,22,26). The van der Waals surface area contributed by atoms with Gasteiger partial charge in [0.25, 0.3) is 11.5 Å². The van der Waals surface area contributed by atoms with Gasteiger partial charge in [0.1, 0.15) is 5.75 Å². The van der Waals surface area contributed by atoms with Crippen LogP contribution in [0.2, 0.25) is 0 Å². The highest BCUT2D eigenvalue weighted by atomic mass is 16.7. The van der Waals surface area contributed by atoms with Crippen molar-refractivity contribution in [3.63, 3.8) is 0 Å². The molecule has 0 spiro atoms. The van der Waals surface area contributed by atoms with Gasteiger partial charge in [-0.2, -0.15) is 0 Å². The van der Waals surface area contributed by atoms with Gasteiger partial charge in [0.2, 0.25) is 6.79 Å². The molecule has 29 heavy (non-hydrogen) atoms. The number of fused-ring (bicyclic) bond motifs is 1. The molecule has 1 atom stereocenters. The van der Waals surface area contributed by atoms with Gasteiger partial charge in [-0.15, -0.1) is 0 Å². The van der Waals surface area contributed by atoms with Crippen molar-refractivity contribution in [1.29, 1.82) is 0 Å². The van der Waals surface area contributed by atoms with Crippen LogP contribution in [-0.2, 0) is 11.3 Å². The van der Waals surface area contributed by atoms with E-state index in [1.165, 1.54) is 17.4 Å². The van der Waals surface area contributed by atoms with E-state index in [-0.39, 0.29) is 18.3 Å². The third-order valence-corrected chi connectivity index (χ3v) is 5.35. The number of hydrogen-bond acceptors (Lipinski definition) is 6. The monoisotopic (exact) mass is 399 g/mol. The Labute approximate surface area is 168 Å². The summed E-state index contributed by atoms with van der Waals surface area (Å²) in [5, 5.41) is 2.79. The molecule has 2 aliphatic rings. The number of aromatic nitrogens is 2. The first-order valence-electron chi connectivity index (χ1n) is 10.0. The van der Waals surface area contributed by atoms with Crippen LogP contribution in [0.1, 0.15) is 44.2 Å². The maximum absolute atomic E-state index is 12.3. The molecule has 8 nitrogen and oxygen atoms in total. The highest BCUT2D eigenvalue weighted by Crippen LogP contribution is 2.35. The molecule has 154 valence electrons.